The molecule has 0 aliphatic carbocycles. The lowest BCUT2D eigenvalue weighted by Crippen LogP contribution is -2.24. The molecule has 27 heavy (non-hydrogen) atoms. The fourth-order valence-corrected chi connectivity index (χ4v) is 4.01. The summed E-state index contributed by atoms with van der Waals surface area (Å²) >= 11 is 1.42. The Bertz CT molecular complexity index is 1130. The number of nitrogens with zero attached hydrogens (tertiary/aromatic N) is 4. The number of rotatable bonds is 5. The molecule has 0 amide bonds. The zero-order valence-electron chi connectivity index (χ0n) is 14.8. The highest BCUT2D eigenvalue weighted by atomic mass is 32.1. The van der Waals surface area contributed by atoms with Crippen molar-refractivity contribution in [3.8, 4) is 11.6 Å². The molecule has 0 saturated heterocycles. The first kappa shape index (κ1) is 17.4. The van der Waals surface area contributed by atoms with E-state index in [2.05, 4.69) is 9.97 Å². The first-order valence-corrected chi connectivity index (χ1v) is 9.31. The number of halogens is 1. The summed E-state index contributed by atoms with van der Waals surface area (Å²) in [5, 5.41) is 0. The summed E-state index contributed by atoms with van der Waals surface area (Å²) in [5.41, 5.74) is 1.99. The van der Waals surface area contributed by atoms with Gasteiger partial charge in [-0.2, -0.15) is 0 Å². The summed E-state index contributed by atoms with van der Waals surface area (Å²) in [5.74, 6) is 0.123. The van der Waals surface area contributed by atoms with Gasteiger partial charge in [0.15, 0.2) is 4.96 Å². The molecule has 138 valence electrons. The molecule has 0 unspecified atom stereocenters. The highest BCUT2D eigenvalue weighted by molar-refractivity contribution is 7.17. The number of aryl methyl sites for hydroxylation is 1. The van der Waals surface area contributed by atoms with Gasteiger partial charge in [0.05, 0.1) is 18.4 Å². The summed E-state index contributed by atoms with van der Waals surface area (Å²) in [7, 11) is 0. The molecule has 0 spiro atoms. The molecule has 4 aromatic rings. The number of benzene rings is 1. The summed E-state index contributed by atoms with van der Waals surface area (Å²) < 4.78 is 20.1. The second-order valence-corrected chi connectivity index (χ2v) is 7.22. The highest BCUT2D eigenvalue weighted by Crippen LogP contribution is 2.28. The van der Waals surface area contributed by atoms with E-state index in [0.29, 0.717) is 35.3 Å². The first-order valence-electron chi connectivity index (χ1n) is 8.49. The van der Waals surface area contributed by atoms with Gasteiger partial charge in [0.2, 0.25) is 5.89 Å². The maximum Gasteiger partial charge on any atom is 0.259 e. The Morgan fingerprint density at radius 1 is 1.30 bits per heavy atom. The summed E-state index contributed by atoms with van der Waals surface area (Å²) in [4.78, 5) is 25.1. The SMILES string of the molecule is CCN(Cc1cc(=O)n2c(-c3ncco3)c(C)sc2n1)c1ccc(F)cc1. The smallest absolute Gasteiger partial charge is 0.259 e. The van der Waals surface area contributed by atoms with Gasteiger partial charge < -0.3 is 9.32 Å². The van der Waals surface area contributed by atoms with E-state index in [1.807, 2.05) is 18.7 Å². The number of thiazole rings is 1. The molecule has 0 aliphatic rings. The molecule has 0 N–H and O–H groups in total. The number of oxazole rings is 1. The second-order valence-electron chi connectivity index (χ2n) is 6.04. The van der Waals surface area contributed by atoms with Crippen LogP contribution in [0.3, 0.4) is 0 Å². The molecule has 0 atom stereocenters. The van der Waals surface area contributed by atoms with Crippen molar-refractivity contribution in [3.63, 3.8) is 0 Å². The molecule has 6 nitrogen and oxygen atoms in total. The second kappa shape index (κ2) is 6.96. The van der Waals surface area contributed by atoms with Crippen molar-refractivity contribution in [2.75, 3.05) is 11.4 Å². The maximum atomic E-state index is 13.2. The predicted molar refractivity (Wildman–Crippen MR) is 103 cm³/mol. The van der Waals surface area contributed by atoms with Crippen LogP contribution in [0.25, 0.3) is 16.5 Å². The summed E-state index contributed by atoms with van der Waals surface area (Å²) in [6, 6.07) is 7.82. The Hall–Kier alpha value is -3.00. The summed E-state index contributed by atoms with van der Waals surface area (Å²) in [6.45, 7) is 5.08. The average molecular weight is 384 g/mol. The van der Waals surface area contributed by atoms with Gasteiger partial charge in [-0.3, -0.25) is 4.79 Å². The van der Waals surface area contributed by atoms with E-state index in [-0.39, 0.29) is 11.4 Å². The summed E-state index contributed by atoms with van der Waals surface area (Å²) in [6.07, 6.45) is 3.03. The number of fused-ring (bicyclic) bond motifs is 1. The van der Waals surface area contributed by atoms with Gasteiger partial charge in [-0.25, -0.2) is 18.8 Å². The van der Waals surface area contributed by atoms with Gasteiger partial charge >= 0.3 is 0 Å². The lowest BCUT2D eigenvalue weighted by atomic mass is 10.2. The van der Waals surface area contributed by atoms with E-state index in [4.69, 9.17) is 4.42 Å². The Kier molecular flexibility index (Phi) is 4.49. The van der Waals surface area contributed by atoms with Crippen LogP contribution in [0.2, 0.25) is 0 Å². The van der Waals surface area contributed by atoms with Gasteiger partial charge in [0.25, 0.3) is 5.56 Å². The van der Waals surface area contributed by atoms with Crippen LogP contribution >= 0.6 is 11.3 Å². The van der Waals surface area contributed by atoms with Crippen molar-refractivity contribution in [2.45, 2.75) is 20.4 Å². The third-order valence-corrected chi connectivity index (χ3v) is 5.26. The number of hydrogen-bond acceptors (Lipinski definition) is 6. The minimum atomic E-state index is -0.277. The third-order valence-electron chi connectivity index (χ3n) is 4.30. The van der Waals surface area contributed by atoms with Crippen LogP contribution in [0.5, 0.6) is 0 Å². The molecule has 8 heteroatoms. The standard InChI is InChI=1S/C19H17FN4O2S/c1-3-23(15-6-4-13(20)5-7-15)11-14-10-16(25)24-17(18-21-8-9-26-18)12(2)27-19(24)22-14/h4-10H,3,11H2,1-2H3. The van der Waals surface area contributed by atoms with Crippen LogP contribution in [0, 0.1) is 12.7 Å². The topological polar surface area (TPSA) is 63.6 Å². The zero-order valence-corrected chi connectivity index (χ0v) is 15.7. The molecule has 0 saturated carbocycles. The van der Waals surface area contributed by atoms with E-state index < -0.39 is 0 Å². The molecule has 3 heterocycles. The van der Waals surface area contributed by atoms with Crippen LogP contribution in [-0.4, -0.2) is 20.9 Å². The minimum absolute atomic E-state index is 0.178. The van der Waals surface area contributed by atoms with Crippen LogP contribution in [0.4, 0.5) is 10.1 Å². The molecule has 0 bridgehead atoms. The Morgan fingerprint density at radius 2 is 2.07 bits per heavy atom. The normalized spacial score (nSPS) is 11.2. The van der Waals surface area contributed by atoms with E-state index in [9.17, 15) is 9.18 Å². The fraction of sp³-hybridized carbons (Fsp3) is 0.211. The van der Waals surface area contributed by atoms with Crippen LogP contribution in [-0.2, 0) is 6.54 Å². The Labute approximate surface area is 158 Å². The van der Waals surface area contributed by atoms with Gasteiger partial charge in [-0.1, -0.05) is 0 Å². The zero-order chi connectivity index (χ0) is 19.0. The monoisotopic (exact) mass is 384 g/mol. The molecule has 1 aromatic carbocycles. The van der Waals surface area contributed by atoms with Crippen LogP contribution < -0.4 is 10.5 Å². The van der Waals surface area contributed by atoms with E-state index in [1.165, 1.54) is 40.2 Å². The van der Waals surface area contributed by atoms with Crippen molar-refractivity contribution >= 4 is 22.0 Å². The van der Waals surface area contributed by atoms with E-state index in [1.54, 1.807) is 18.3 Å². The molecule has 3 aromatic heterocycles. The van der Waals surface area contributed by atoms with Gasteiger partial charge in [0.1, 0.15) is 17.8 Å². The maximum absolute atomic E-state index is 13.2. The Balaban J connectivity index is 1.73. The number of hydrogen-bond donors (Lipinski definition) is 0. The lowest BCUT2D eigenvalue weighted by Gasteiger charge is -2.22. The van der Waals surface area contributed by atoms with Crippen molar-refractivity contribution in [2.24, 2.45) is 0 Å². The average Bonchev–Trinajstić information content (AvgIpc) is 3.27. The fourth-order valence-electron chi connectivity index (χ4n) is 3.02. The van der Waals surface area contributed by atoms with Crippen LogP contribution in [0.15, 0.2) is 52.0 Å². The largest absolute Gasteiger partial charge is 0.443 e. The van der Waals surface area contributed by atoms with Crippen molar-refractivity contribution < 1.29 is 8.81 Å². The Morgan fingerprint density at radius 3 is 2.74 bits per heavy atom. The number of aromatic nitrogens is 3. The van der Waals surface area contributed by atoms with Crippen molar-refractivity contribution in [3.05, 3.63) is 69.5 Å². The quantitative estimate of drug-likeness (QED) is 0.522. The number of anilines is 1. The molecule has 0 radical (unpaired) electrons. The third kappa shape index (κ3) is 3.23. The predicted octanol–water partition coefficient (Wildman–Crippen LogP) is 3.89. The molecular formula is C19H17FN4O2S. The van der Waals surface area contributed by atoms with Crippen LogP contribution in [0.1, 0.15) is 17.5 Å². The van der Waals surface area contributed by atoms with Gasteiger partial charge in [-0.15, -0.1) is 11.3 Å². The molecule has 4 rings (SSSR count). The van der Waals surface area contributed by atoms with E-state index >= 15 is 0 Å². The lowest BCUT2D eigenvalue weighted by molar-refractivity contribution is 0.570. The molecule has 0 fully saturated rings. The van der Waals surface area contributed by atoms with Crippen molar-refractivity contribution in [1.29, 1.82) is 0 Å². The van der Waals surface area contributed by atoms with Gasteiger partial charge in [-0.05, 0) is 38.1 Å². The molecule has 0 aliphatic heterocycles. The van der Waals surface area contributed by atoms with Gasteiger partial charge in [0, 0.05) is 23.2 Å². The van der Waals surface area contributed by atoms with Crippen molar-refractivity contribution in [1.82, 2.24) is 14.4 Å². The first-order chi connectivity index (χ1) is 13.1. The molecular weight excluding hydrogens is 367 g/mol. The minimum Gasteiger partial charge on any atom is -0.443 e. The highest BCUT2D eigenvalue weighted by Gasteiger charge is 2.18. The van der Waals surface area contributed by atoms with E-state index in [0.717, 1.165) is 10.6 Å².